The summed E-state index contributed by atoms with van der Waals surface area (Å²) in [6.07, 6.45) is 2.54. The number of allylic oxidation sites excluding steroid dienone is 2. The molecule has 0 spiro atoms. The van der Waals surface area contributed by atoms with E-state index in [0.717, 1.165) is 11.3 Å². The van der Waals surface area contributed by atoms with Gasteiger partial charge in [0.05, 0.1) is 45.9 Å². The largest absolute Gasteiger partial charge is 0.507 e. The number of anilines is 3. The van der Waals surface area contributed by atoms with Crippen molar-refractivity contribution in [1.29, 1.82) is 0 Å². The van der Waals surface area contributed by atoms with Crippen molar-refractivity contribution in [3.63, 3.8) is 0 Å². The molecule has 3 fully saturated rings. The Bertz CT molecular complexity index is 2180. The standard InChI is InChI=1S/C42H39N5O5/c1-24-9-8-12-32(37(24)48)36-30-21-22-31-35(33(30)23-34-39(50)47(41(52)42(34,36)2)28-10-6-5-7-11-28)40(51)46(38(31)49)29-19-15-26(16-20-29)44-43-25-13-17-27(18-14-25)45(3)4/h5-21,31,33-36,48H,22-23H2,1-4H3/t31-,33+,34-,35-,36+,42+/m0/s1. The van der Waals surface area contributed by atoms with Crippen LogP contribution in [0.5, 0.6) is 5.75 Å². The lowest BCUT2D eigenvalue weighted by atomic mass is 9.51. The molecule has 0 bridgehead atoms. The van der Waals surface area contributed by atoms with Crippen molar-refractivity contribution in [1.82, 2.24) is 0 Å². The number of amides is 4. The molecule has 6 atom stereocenters. The highest BCUT2D eigenvalue weighted by Gasteiger charge is 2.68. The van der Waals surface area contributed by atoms with Crippen molar-refractivity contribution in [2.24, 2.45) is 39.3 Å². The molecule has 0 unspecified atom stereocenters. The highest BCUT2D eigenvalue weighted by atomic mass is 16.3. The third-order valence-electron chi connectivity index (χ3n) is 11.6. The van der Waals surface area contributed by atoms with Crippen LogP contribution >= 0.6 is 0 Å². The van der Waals surface area contributed by atoms with Crippen LogP contribution in [-0.4, -0.2) is 42.8 Å². The van der Waals surface area contributed by atoms with Gasteiger partial charge in [0.2, 0.25) is 23.6 Å². The maximum atomic E-state index is 14.6. The number of azo groups is 1. The van der Waals surface area contributed by atoms with E-state index in [1.165, 1.54) is 9.80 Å². The SMILES string of the molecule is Cc1cccc([C@H]2C3=CC[C@@H]4C(=O)N(c5ccc(N=Nc6ccc(N(C)C)cc6)cc5)C(=O)[C@@H]4[C@@H]3C[C@H]3C(=O)N(c4ccccc4)C(=O)[C@@]23C)c1O. The van der Waals surface area contributed by atoms with E-state index in [-0.39, 0.29) is 35.8 Å². The van der Waals surface area contributed by atoms with Gasteiger partial charge in [0.15, 0.2) is 0 Å². The third kappa shape index (κ3) is 4.99. The fraction of sp³-hybridized carbons (Fsp3) is 0.286. The molecule has 1 N–H and O–H groups in total. The molecule has 8 rings (SSSR count). The summed E-state index contributed by atoms with van der Waals surface area (Å²) in [5.74, 6) is -4.48. The molecule has 4 aromatic rings. The maximum absolute atomic E-state index is 14.6. The average Bonchev–Trinajstić information content (AvgIpc) is 3.52. The number of aromatic hydroxyl groups is 1. The molecule has 262 valence electrons. The number of nitrogens with zero attached hydrogens (tertiary/aromatic N) is 5. The monoisotopic (exact) mass is 693 g/mol. The number of phenolic OH excluding ortho intramolecular Hbond substituents is 1. The van der Waals surface area contributed by atoms with Gasteiger partial charge in [-0.15, -0.1) is 0 Å². The van der Waals surface area contributed by atoms with Crippen LogP contribution in [0.25, 0.3) is 0 Å². The Morgan fingerprint density at radius 3 is 2.02 bits per heavy atom. The molecule has 2 aliphatic heterocycles. The zero-order chi connectivity index (χ0) is 36.5. The van der Waals surface area contributed by atoms with Crippen molar-refractivity contribution >= 4 is 52.1 Å². The van der Waals surface area contributed by atoms with Crippen LogP contribution in [0.2, 0.25) is 0 Å². The molecular weight excluding hydrogens is 654 g/mol. The summed E-state index contributed by atoms with van der Waals surface area (Å²) in [5, 5.41) is 20.1. The second-order valence-electron chi connectivity index (χ2n) is 14.6. The molecule has 52 heavy (non-hydrogen) atoms. The lowest BCUT2D eigenvalue weighted by molar-refractivity contribution is -0.131. The maximum Gasteiger partial charge on any atom is 0.241 e. The van der Waals surface area contributed by atoms with Gasteiger partial charge in [0.1, 0.15) is 5.75 Å². The van der Waals surface area contributed by atoms with Gasteiger partial charge in [-0.25, -0.2) is 4.90 Å². The third-order valence-corrected chi connectivity index (χ3v) is 11.6. The number of fused-ring (bicyclic) bond motifs is 4. The lowest BCUT2D eigenvalue weighted by Gasteiger charge is -2.49. The lowest BCUT2D eigenvalue weighted by Crippen LogP contribution is -2.49. The number of para-hydroxylation sites is 2. The second kappa shape index (κ2) is 12.4. The van der Waals surface area contributed by atoms with Gasteiger partial charge in [-0.05, 0) is 98.8 Å². The average molecular weight is 694 g/mol. The fourth-order valence-corrected chi connectivity index (χ4v) is 8.95. The van der Waals surface area contributed by atoms with E-state index in [0.29, 0.717) is 40.3 Å². The van der Waals surface area contributed by atoms with Crippen molar-refractivity contribution in [3.05, 3.63) is 120 Å². The first kappa shape index (κ1) is 33.3. The highest BCUT2D eigenvalue weighted by Crippen LogP contribution is 2.64. The summed E-state index contributed by atoms with van der Waals surface area (Å²) >= 11 is 0. The Kier molecular flexibility index (Phi) is 7.93. The Hall–Kier alpha value is -5.90. The number of rotatable bonds is 6. The van der Waals surface area contributed by atoms with Crippen molar-refractivity contribution in [2.45, 2.75) is 32.6 Å². The number of benzene rings is 4. The van der Waals surface area contributed by atoms with Crippen LogP contribution in [0.4, 0.5) is 28.4 Å². The predicted molar refractivity (Wildman–Crippen MR) is 198 cm³/mol. The minimum Gasteiger partial charge on any atom is -0.507 e. The summed E-state index contributed by atoms with van der Waals surface area (Å²) in [6, 6.07) is 28.9. The number of imide groups is 2. The molecule has 4 aromatic carbocycles. The Labute approximate surface area is 302 Å². The van der Waals surface area contributed by atoms with Gasteiger partial charge in [-0.3, -0.25) is 24.1 Å². The van der Waals surface area contributed by atoms with Gasteiger partial charge in [0.25, 0.3) is 0 Å². The number of hydrogen-bond acceptors (Lipinski definition) is 8. The summed E-state index contributed by atoms with van der Waals surface area (Å²) < 4.78 is 0. The first-order valence-corrected chi connectivity index (χ1v) is 17.6. The molecule has 2 saturated heterocycles. The molecule has 0 aromatic heterocycles. The van der Waals surface area contributed by atoms with Gasteiger partial charge in [-0.1, -0.05) is 48.0 Å². The fourth-order valence-electron chi connectivity index (χ4n) is 8.95. The minimum atomic E-state index is -1.22. The zero-order valence-corrected chi connectivity index (χ0v) is 29.4. The van der Waals surface area contributed by atoms with Gasteiger partial charge < -0.3 is 10.0 Å². The molecule has 1 saturated carbocycles. The van der Waals surface area contributed by atoms with E-state index in [9.17, 15) is 24.3 Å². The van der Waals surface area contributed by atoms with Crippen molar-refractivity contribution in [2.75, 3.05) is 28.8 Å². The predicted octanol–water partition coefficient (Wildman–Crippen LogP) is 7.62. The van der Waals surface area contributed by atoms with Gasteiger partial charge >= 0.3 is 0 Å². The van der Waals surface area contributed by atoms with Gasteiger partial charge in [0, 0.05) is 31.3 Å². The summed E-state index contributed by atoms with van der Waals surface area (Å²) in [4.78, 5) is 61.9. The summed E-state index contributed by atoms with van der Waals surface area (Å²) in [7, 11) is 3.93. The molecule has 10 heteroatoms. The second-order valence-corrected chi connectivity index (χ2v) is 14.6. The molecule has 4 amide bonds. The number of carbonyl (C=O) groups excluding carboxylic acids is 4. The van der Waals surface area contributed by atoms with Crippen LogP contribution < -0.4 is 14.7 Å². The highest BCUT2D eigenvalue weighted by molar-refractivity contribution is 6.25. The normalized spacial score (nSPS) is 26.8. The van der Waals surface area contributed by atoms with Crippen LogP contribution in [0.1, 0.15) is 36.8 Å². The van der Waals surface area contributed by atoms with Crippen molar-refractivity contribution in [3.8, 4) is 5.75 Å². The van der Waals surface area contributed by atoms with E-state index in [2.05, 4.69) is 10.2 Å². The molecule has 2 heterocycles. The number of phenols is 1. The topological polar surface area (TPSA) is 123 Å². The number of carbonyl (C=O) groups is 4. The van der Waals surface area contributed by atoms with E-state index in [1.807, 2.05) is 68.4 Å². The smallest absolute Gasteiger partial charge is 0.241 e. The Morgan fingerprint density at radius 1 is 0.731 bits per heavy atom. The Morgan fingerprint density at radius 2 is 1.37 bits per heavy atom. The van der Waals surface area contributed by atoms with Crippen LogP contribution in [0, 0.1) is 36.0 Å². The molecule has 2 aliphatic carbocycles. The van der Waals surface area contributed by atoms with Crippen LogP contribution in [-0.2, 0) is 19.2 Å². The van der Waals surface area contributed by atoms with E-state index >= 15 is 0 Å². The summed E-state index contributed by atoms with van der Waals surface area (Å²) in [6.45, 7) is 3.62. The number of hydrogen-bond donors (Lipinski definition) is 1. The molecule has 10 nitrogen and oxygen atoms in total. The quantitative estimate of drug-likeness (QED) is 0.126. The zero-order valence-electron chi connectivity index (χ0n) is 29.4. The molecule has 0 radical (unpaired) electrons. The molecular formula is C42H39N5O5. The summed E-state index contributed by atoms with van der Waals surface area (Å²) in [5.41, 5.74) is 4.04. The first-order chi connectivity index (χ1) is 25.0. The number of aryl methyl sites for hydroxylation is 1. The first-order valence-electron chi connectivity index (χ1n) is 17.6. The van der Waals surface area contributed by atoms with E-state index in [4.69, 9.17) is 0 Å². The van der Waals surface area contributed by atoms with Crippen LogP contribution in [0.3, 0.4) is 0 Å². The molecule has 4 aliphatic rings. The minimum absolute atomic E-state index is 0.0628. The van der Waals surface area contributed by atoms with Crippen molar-refractivity contribution < 1.29 is 24.3 Å². The Balaban J connectivity index is 1.13. The van der Waals surface area contributed by atoms with Crippen LogP contribution in [0.15, 0.2) is 119 Å². The van der Waals surface area contributed by atoms with Gasteiger partial charge in [-0.2, -0.15) is 10.2 Å². The van der Waals surface area contributed by atoms with E-state index < -0.39 is 35.0 Å². The van der Waals surface area contributed by atoms with E-state index in [1.54, 1.807) is 67.6 Å².